The number of fused-ring (bicyclic) bond motifs is 5. The lowest BCUT2D eigenvalue weighted by atomic mass is 9.79. The molecule has 0 unspecified atom stereocenters. The largest absolute Gasteiger partial charge is 0.442 e. The first kappa shape index (κ1) is 15.7. The van der Waals surface area contributed by atoms with Gasteiger partial charge in [-0.15, -0.1) is 0 Å². The summed E-state index contributed by atoms with van der Waals surface area (Å²) in [5.41, 5.74) is -2.11. The number of amides is 1. The van der Waals surface area contributed by atoms with Gasteiger partial charge >= 0.3 is 12.1 Å². The van der Waals surface area contributed by atoms with Crippen LogP contribution in [0.3, 0.4) is 0 Å². The molecule has 3 aliphatic heterocycles. The molecule has 9 nitrogen and oxygen atoms in total. The highest BCUT2D eigenvalue weighted by Crippen LogP contribution is 2.49. The standard InChI is InChI=1S/C14H18N4O5/c1-7(19)22-14(6-15)5-8-9-10(11(14)21-8)18(17-16-9)12(20)23-13(2,3)4/h8-11H,5H2,1-4H3/t8-,9-,10+,11+,14-/m1/s1. The van der Waals surface area contributed by atoms with Crippen molar-refractivity contribution >= 4 is 12.1 Å². The molecule has 23 heavy (non-hydrogen) atoms. The third kappa shape index (κ3) is 2.43. The zero-order valence-corrected chi connectivity index (χ0v) is 13.3. The van der Waals surface area contributed by atoms with E-state index in [4.69, 9.17) is 14.2 Å². The first-order chi connectivity index (χ1) is 10.7. The van der Waals surface area contributed by atoms with Crippen molar-refractivity contribution in [3.05, 3.63) is 0 Å². The molecule has 2 fully saturated rings. The van der Waals surface area contributed by atoms with Gasteiger partial charge in [0.1, 0.15) is 29.9 Å². The summed E-state index contributed by atoms with van der Waals surface area (Å²) in [4.78, 5) is 23.7. The first-order valence-electron chi connectivity index (χ1n) is 7.36. The van der Waals surface area contributed by atoms with Crippen molar-refractivity contribution in [1.29, 1.82) is 5.26 Å². The zero-order valence-electron chi connectivity index (χ0n) is 13.3. The summed E-state index contributed by atoms with van der Waals surface area (Å²) in [6.45, 7) is 6.46. The van der Waals surface area contributed by atoms with Gasteiger partial charge in [-0.3, -0.25) is 4.79 Å². The third-order valence-electron chi connectivity index (χ3n) is 3.99. The van der Waals surface area contributed by atoms with Gasteiger partial charge in [0.05, 0.1) is 6.10 Å². The molecule has 0 aromatic heterocycles. The molecule has 3 aliphatic rings. The fourth-order valence-corrected chi connectivity index (χ4v) is 3.26. The average molecular weight is 322 g/mol. The van der Waals surface area contributed by atoms with Crippen molar-refractivity contribution in [3.8, 4) is 6.07 Å². The Hall–Kier alpha value is -2.21. The van der Waals surface area contributed by atoms with Gasteiger partial charge in [0.15, 0.2) is 0 Å². The van der Waals surface area contributed by atoms with E-state index in [-0.39, 0.29) is 12.5 Å². The van der Waals surface area contributed by atoms with Crippen LogP contribution in [0.5, 0.6) is 0 Å². The SMILES string of the molecule is CC(=O)O[C@@]1(C#N)C[C@H]2O[C@H]1[C@@H]1[C@@H]2N=NN1C(=O)OC(C)(C)C. The number of carbonyl (C=O) groups excluding carboxylic acids is 2. The number of hydrogen-bond acceptors (Lipinski definition) is 8. The molecule has 0 N–H and O–H groups in total. The second kappa shape index (κ2) is 4.89. The van der Waals surface area contributed by atoms with Crippen molar-refractivity contribution in [1.82, 2.24) is 5.01 Å². The molecule has 5 atom stereocenters. The maximum absolute atomic E-state index is 12.3. The lowest BCUT2D eigenvalue weighted by Crippen LogP contribution is -2.58. The Balaban J connectivity index is 1.85. The van der Waals surface area contributed by atoms with E-state index in [0.29, 0.717) is 0 Å². The zero-order chi connectivity index (χ0) is 17.0. The van der Waals surface area contributed by atoms with Crippen LogP contribution in [0.25, 0.3) is 0 Å². The van der Waals surface area contributed by atoms with Gasteiger partial charge in [0, 0.05) is 13.3 Å². The highest BCUT2D eigenvalue weighted by atomic mass is 16.6. The Labute approximate surface area is 133 Å². The van der Waals surface area contributed by atoms with Crippen LogP contribution in [-0.4, -0.2) is 52.6 Å². The second-order valence-corrected chi connectivity index (χ2v) is 6.91. The predicted molar refractivity (Wildman–Crippen MR) is 73.9 cm³/mol. The third-order valence-corrected chi connectivity index (χ3v) is 3.99. The lowest BCUT2D eigenvalue weighted by Gasteiger charge is -2.35. The van der Waals surface area contributed by atoms with E-state index in [2.05, 4.69) is 10.3 Å². The highest BCUT2D eigenvalue weighted by molar-refractivity contribution is 5.69. The van der Waals surface area contributed by atoms with Gasteiger partial charge in [-0.1, -0.05) is 5.22 Å². The Morgan fingerprint density at radius 1 is 1.43 bits per heavy atom. The van der Waals surface area contributed by atoms with Gasteiger partial charge < -0.3 is 14.2 Å². The van der Waals surface area contributed by atoms with Gasteiger partial charge in [-0.25, -0.2) is 4.79 Å². The van der Waals surface area contributed by atoms with Gasteiger partial charge in [-0.2, -0.15) is 15.4 Å². The van der Waals surface area contributed by atoms with E-state index in [1.54, 1.807) is 20.8 Å². The van der Waals surface area contributed by atoms with Gasteiger partial charge in [-0.05, 0) is 20.8 Å². The molecule has 0 saturated carbocycles. The van der Waals surface area contributed by atoms with Crippen LogP contribution in [0.15, 0.2) is 10.3 Å². The van der Waals surface area contributed by atoms with E-state index in [1.807, 2.05) is 6.07 Å². The summed E-state index contributed by atoms with van der Waals surface area (Å²) in [5.74, 6) is -0.574. The molecular weight excluding hydrogens is 304 g/mol. The molecule has 9 heteroatoms. The molecule has 3 heterocycles. The van der Waals surface area contributed by atoms with Crippen LogP contribution in [0.1, 0.15) is 34.1 Å². The molecule has 2 bridgehead atoms. The monoisotopic (exact) mass is 322 g/mol. The molecule has 1 amide bonds. The molecule has 2 saturated heterocycles. The first-order valence-corrected chi connectivity index (χ1v) is 7.36. The Morgan fingerprint density at radius 2 is 2.13 bits per heavy atom. The average Bonchev–Trinajstić information content (AvgIpc) is 3.04. The Kier molecular flexibility index (Phi) is 3.33. The number of nitriles is 1. The van der Waals surface area contributed by atoms with E-state index < -0.39 is 41.5 Å². The number of nitrogens with zero attached hydrogens (tertiary/aromatic N) is 4. The minimum Gasteiger partial charge on any atom is -0.442 e. The molecule has 124 valence electrons. The molecular formula is C14H18N4O5. The second-order valence-electron chi connectivity index (χ2n) is 6.91. The quantitative estimate of drug-likeness (QED) is 0.673. The van der Waals surface area contributed by atoms with E-state index >= 15 is 0 Å². The summed E-state index contributed by atoms with van der Waals surface area (Å²) in [7, 11) is 0. The number of esters is 1. The molecule has 0 radical (unpaired) electrons. The minimum atomic E-state index is -1.42. The maximum atomic E-state index is 12.3. The highest BCUT2D eigenvalue weighted by Gasteiger charge is 2.69. The lowest BCUT2D eigenvalue weighted by molar-refractivity contribution is -0.157. The van der Waals surface area contributed by atoms with Crippen molar-refractivity contribution in [2.45, 2.75) is 69.6 Å². The van der Waals surface area contributed by atoms with Crippen LogP contribution in [-0.2, 0) is 19.0 Å². The van der Waals surface area contributed by atoms with Crippen molar-refractivity contribution < 1.29 is 23.8 Å². The van der Waals surface area contributed by atoms with Crippen LogP contribution in [0.2, 0.25) is 0 Å². The van der Waals surface area contributed by atoms with Crippen molar-refractivity contribution in [2.24, 2.45) is 10.3 Å². The van der Waals surface area contributed by atoms with Gasteiger partial charge in [0.2, 0.25) is 5.60 Å². The fourth-order valence-electron chi connectivity index (χ4n) is 3.26. The number of carbonyl (C=O) groups is 2. The topological polar surface area (TPSA) is 114 Å². The van der Waals surface area contributed by atoms with Crippen molar-refractivity contribution in [2.75, 3.05) is 0 Å². The normalized spacial score (nSPS) is 37.4. The summed E-state index contributed by atoms with van der Waals surface area (Å²) < 4.78 is 16.3. The maximum Gasteiger partial charge on any atom is 0.432 e. The molecule has 3 rings (SSSR count). The van der Waals surface area contributed by atoms with Gasteiger partial charge in [0.25, 0.3) is 0 Å². The van der Waals surface area contributed by atoms with E-state index in [1.165, 1.54) is 6.92 Å². The fraction of sp³-hybridized carbons (Fsp3) is 0.786. The number of rotatable bonds is 1. The summed E-state index contributed by atoms with van der Waals surface area (Å²) in [5, 5.41) is 18.6. The molecule has 0 aliphatic carbocycles. The molecule has 0 aromatic carbocycles. The van der Waals surface area contributed by atoms with Crippen molar-refractivity contribution in [3.63, 3.8) is 0 Å². The van der Waals surface area contributed by atoms with Crippen LogP contribution in [0, 0.1) is 11.3 Å². The summed E-state index contributed by atoms with van der Waals surface area (Å²) >= 11 is 0. The molecule has 0 spiro atoms. The van der Waals surface area contributed by atoms with E-state index in [9.17, 15) is 14.9 Å². The smallest absolute Gasteiger partial charge is 0.432 e. The Morgan fingerprint density at radius 3 is 2.70 bits per heavy atom. The number of hydrogen-bond donors (Lipinski definition) is 0. The summed E-state index contributed by atoms with van der Waals surface area (Å²) in [6.07, 6.45) is -1.66. The number of ether oxygens (including phenoxy) is 3. The minimum absolute atomic E-state index is 0.218. The summed E-state index contributed by atoms with van der Waals surface area (Å²) in [6, 6.07) is 1.05. The molecule has 0 aromatic rings. The van der Waals surface area contributed by atoms with Crippen LogP contribution >= 0.6 is 0 Å². The van der Waals surface area contributed by atoms with E-state index in [0.717, 1.165) is 5.01 Å². The van der Waals surface area contributed by atoms with Crippen LogP contribution < -0.4 is 0 Å². The van der Waals surface area contributed by atoms with Crippen LogP contribution in [0.4, 0.5) is 4.79 Å². The predicted octanol–water partition coefficient (Wildman–Crippen LogP) is 1.34. The Bertz CT molecular complexity index is 622.